The SMILES string of the molecule is Cc1cc(C)c(C)c(C(O)C(C)(C)N)c1C.Cl. The number of rotatable bonds is 2. The van der Waals surface area contributed by atoms with Crippen LogP contribution in [0.2, 0.25) is 0 Å². The molecule has 0 saturated carbocycles. The lowest BCUT2D eigenvalue weighted by atomic mass is 9.84. The van der Waals surface area contributed by atoms with Crippen LogP contribution in [-0.2, 0) is 0 Å². The van der Waals surface area contributed by atoms with Crippen LogP contribution in [-0.4, -0.2) is 10.6 Å². The third-order valence-electron chi connectivity index (χ3n) is 3.40. The van der Waals surface area contributed by atoms with Gasteiger partial charge in [0.25, 0.3) is 0 Å². The van der Waals surface area contributed by atoms with Gasteiger partial charge in [-0.2, -0.15) is 0 Å². The van der Waals surface area contributed by atoms with Crippen molar-refractivity contribution in [2.75, 3.05) is 0 Å². The molecule has 1 aromatic carbocycles. The summed E-state index contributed by atoms with van der Waals surface area (Å²) in [6.07, 6.45) is -0.619. The van der Waals surface area contributed by atoms with E-state index in [0.717, 1.165) is 16.7 Å². The summed E-state index contributed by atoms with van der Waals surface area (Å²) in [7, 11) is 0. The van der Waals surface area contributed by atoms with E-state index < -0.39 is 11.6 Å². The Morgan fingerprint density at radius 3 is 1.71 bits per heavy atom. The fraction of sp³-hybridized carbons (Fsp3) is 0.571. The summed E-state index contributed by atoms with van der Waals surface area (Å²) in [6, 6.07) is 2.16. The maximum absolute atomic E-state index is 10.3. The van der Waals surface area contributed by atoms with Gasteiger partial charge in [-0.15, -0.1) is 12.4 Å². The van der Waals surface area contributed by atoms with Gasteiger partial charge in [0.2, 0.25) is 0 Å². The molecule has 1 atom stereocenters. The predicted molar refractivity (Wildman–Crippen MR) is 75.9 cm³/mol. The van der Waals surface area contributed by atoms with E-state index >= 15 is 0 Å². The third-order valence-corrected chi connectivity index (χ3v) is 3.40. The fourth-order valence-electron chi connectivity index (χ4n) is 2.03. The molecule has 0 heterocycles. The molecular weight excluding hydrogens is 234 g/mol. The van der Waals surface area contributed by atoms with Crippen molar-refractivity contribution in [3.05, 3.63) is 33.9 Å². The van der Waals surface area contributed by atoms with E-state index in [0.29, 0.717) is 0 Å². The summed E-state index contributed by atoms with van der Waals surface area (Å²) < 4.78 is 0. The average molecular weight is 258 g/mol. The quantitative estimate of drug-likeness (QED) is 0.855. The Labute approximate surface area is 111 Å². The number of aliphatic hydroxyl groups excluding tert-OH is 1. The van der Waals surface area contributed by atoms with Gasteiger partial charge in [-0.1, -0.05) is 6.07 Å². The van der Waals surface area contributed by atoms with E-state index in [1.807, 2.05) is 27.7 Å². The molecule has 1 rings (SSSR count). The molecule has 98 valence electrons. The van der Waals surface area contributed by atoms with Crippen LogP contribution in [0, 0.1) is 27.7 Å². The first-order valence-corrected chi connectivity index (χ1v) is 5.70. The van der Waals surface area contributed by atoms with Gasteiger partial charge >= 0.3 is 0 Å². The van der Waals surface area contributed by atoms with E-state index in [1.165, 1.54) is 11.1 Å². The van der Waals surface area contributed by atoms with Gasteiger partial charge in [-0.3, -0.25) is 0 Å². The molecule has 0 radical (unpaired) electrons. The monoisotopic (exact) mass is 257 g/mol. The van der Waals surface area contributed by atoms with Crippen LogP contribution in [0.3, 0.4) is 0 Å². The Morgan fingerprint density at radius 2 is 1.41 bits per heavy atom. The molecule has 3 heteroatoms. The molecule has 0 bridgehead atoms. The summed E-state index contributed by atoms with van der Waals surface area (Å²) in [5.74, 6) is 0. The first-order valence-electron chi connectivity index (χ1n) is 5.70. The van der Waals surface area contributed by atoms with Crippen molar-refractivity contribution in [3.63, 3.8) is 0 Å². The van der Waals surface area contributed by atoms with Gasteiger partial charge in [-0.05, 0) is 69.4 Å². The van der Waals surface area contributed by atoms with E-state index in [-0.39, 0.29) is 12.4 Å². The summed E-state index contributed by atoms with van der Waals surface area (Å²) in [5, 5.41) is 10.3. The second kappa shape index (κ2) is 5.38. The van der Waals surface area contributed by atoms with Crippen LogP contribution in [0.4, 0.5) is 0 Å². The summed E-state index contributed by atoms with van der Waals surface area (Å²) in [4.78, 5) is 0. The number of benzene rings is 1. The molecule has 0 fully saturated rings. The van der Waals surface area contributed by atoms with Crippen molar-refractivity contribution >= 4 is 12.4 Å². The van der Waals surface area contributed by atoms with Crippen molar-refractivity contribution in [3.8, 4) is 0 Å². The van der Waals surface area contributed by atoms with Crippen LogP contribution in [0.25, 0.3) is 0 Å². The largest absolute Gasteiger partial charge is 0.386 e. The molecule has 0 aliphatic rings. The smallest absolute Gasteiger partial charge is 0.0969 e. The van der Waals surface area contributed by atoms with Crippen molar-refractivity contribution in [2.24, 2.45) is 5.73 Å². The molecule has 3 N–H and O–H groups in total. The molecule has 0 spiro atoms. The second-order valence-corrected chi connectivity index (χ2v) is 5.40. The second-order valence-electron chi connectivity index (χ2n) is 5.40. The van der Waals surface area contributed by atoms with Gasteiger partial charge < -0.3 is 10.8 Å². The maximum Gasteiger partial charge on any atom is 0.0969 e. The Hall–Kier alpha value is -0.570. The Balaban J connectivity index is 0.00000256. The van der Waals surface area contributed by atoms with Crippen LogP contribution in [0.1, 0.15) is 47.8 Å². The van der Waals surface area contributed by atoms with Gasteiger partial charge in [0, 0.05) is 5.54 Å². The lowest BCUT2D eigenvalue weighted by molar-refractivity contribution is 0.103. The van der Waals surface area contributed by atoms with Crippen molar-refractivity contribution in [1.82, 2.24) is 0 Å². The first kappa shape index (κ1) is 16.4. The Kier molecular flexibility index (Phi) is 5.20. The fourth-order valence-corrected chi connectivity index (χ4v) is 2.03. The molecule has 0 amide bonds. The van der Waals surface area contributed by atoms with Crippen LogP contribution < -0.4 is 5.73 Å². The topological polar surface area (TPSA) is 46.2 Å². The minimum Gasteiger partial charge on any atom is -0.386 e. The lowest BCUT2D eigenvalue weighted by Crippen LogP contribution is -2.40. The molecule has 1 aromatic rings. The summed E-state index contributed by atoms with van der Waals surface area (Å²) >= 11 is 0. The van der Waals surface area contributed by atoms with Gasteiger partial charge in [0.1, 0.15) is 0 Å². The number of aliphatic hydroxyl groups is 1. The highest BCUT2D eigenvalue weighted by Crippen LogP contribution is 2.32. The van der Waals surface area contributed by atoms with Crippen molar-refractivity contribution < 1.29 is 5.11 Å². The predicted octanol–water partition coefficient (Wildman–Crippen LogP) is 3.11. The molecule has 0 aliphatic carbocycles. The average Bonchev–Trinajstić information content (AvgIpc) is 2.13. The summed E-state index contributed by atoms with van der Waals surface area (Å²) in [6.45, 7) is 11.9. The van der Waals surface area contributed by atoms with Gasteiger partial charge in [0.15, 0.2) is 0 Å². The van der Waals surface area contributed by atoms with E-state index in [1.54, 1.807) is 0 Å². The van der Waals surface area contributed by atoms with Gasteiger partial charge in [0.05, 0.1) is 6.10 Å². The Bertz CT molecular complexity index is 381. The maximum atomic E-state index is 10.3. The van der Waals surface area contributed by atoms with Crippen molar-refractivity contribution in [2.45, 2.75) is 53.2 Å². The highest BCUT2D eigenvalue weighted by atomic mass is 35.5. The van der Waals surface area contributed by atoms with Gasteiger partial charge in [-0.25, -0.2) is 0 Å². The van der Waals surface area contributed by atoms with Crippen LogP contribution in [0.15, 0.2) is 6.07 Å². The molecule has 0 aromatic heterocycles. The lowest BCUT2D eigenvalue weighted by Gasteiger charge is -2.30. The molecule has 1 unspecified atom stereocenters. The molecule has 2 nitrogen and oxygen atoms in total. The molecular formula is C14H24ClNO. The van der Waals surface area contributed by atoms with E-state index in [2.05, 4.69) is 19.9 Å². The normalized spacial score (nSPS) is 13.2. The number of nitrogens with two attached hydrogens (primary N) is 1. The zero-order valence-electron chi connectivity index (χ0n) is 11.6. The highest BCUT2D eigenvalue weighted by molar-refractivity contribution is 5.85. The van der Waals surface area contributed by atoms with E-state index in [9.17, 15) is 5.11 Å². The van der Waals surface area contributed by atoms with Crippen LogP contribution in [0.5, 0.6) is 0 Å². The summed E-state index contributed by atoms with van der Waals surface area (Å²) in [5.41, 5.74) is 11.1. The zero-order valence-corrected chi connectivity index (χ0v) is 12.4. The third kappa shape index (κ3) is 3.21. The minimum atomic E-state index is -0.619. The van der Waals surface area contributed by atoms with E-state index in [4.69, 9.17) is 5.73 Å². The number of halogens is 1. The number of hydrogen-bond donors (Lipinski definition) is 2. The zero-order chi connectivity index (χ0) is 12.7. The number of aryl methyl sites for hydroxylation is 2. The Morgan fingerprint density at radius 1 is 1.06 bits per heavy atom. The molecule has 17 heavy (non-hydrogen) atoms. The standard InChI is InChI=1S/C14H23NO.ClH/c1-8-7-9(2)11(4)12(10(8)3)13(16)14(5,6)15;/h7,13,16H,15H2,1-6H3;1H. The van der Waals surface area contributed by atoms with Crippen molar-refractivity contribution in [1.29, 1.82) is 0 Å². The first-order chi connectivity index (χ1) is 7.16. The number of hydrogen-bond acceptors (Lipinski definition) is 2. The molecule has 0 aliphatic heterocycles. The highest BCUT2D eigenvalue weighted by Gasteiger charge is 2.28. The van der Waals surface area contributed by atoms with Crippen LogP contribution >= 0.6 is 12.4 Å². The molecule has 0 saturated heterocycles. The minimum absolute atomic E-state index is 0.